The summed E-state index contributed by atoms with van der Waals surface area (Å²) in [6.07, 6.45) is -13.7. The van der Waals surface area contributed by atoms with Gasteiger partial charge in [-0.2, -0.15) is 26.3 Å². The summed E-state index contributed by atoms with van der Waals surface area (Å²) in [5.74, 6) is -3.81. The zero-order valence-electron chi connectivity index (χ0n) is 21.2. The third kappa shape index (κ3) is 10.6. The Morgan fingerprint density at radius 3 is 1.17 bits per heavy atom. The molecule has 212 valence electrons. The molecule has 2 N–H and O–H groups in total. The van der Waals surface area contributed by atoms with E-state index in [-0.39, 0.29) is 25.9 Å². The number of aliphatic hydroxyl groups is 2. The SMILES string of the molecule is CC(C)(C)OC(=O)N1CC[C@@H](O)[C@@H](C(F)(F)F)C1.CC(C)(C)OC(=O)N1CC[C@H](O)[C@H](C(F)(F)F)C1. The molecule has 2 aliphatic rings. The summed E-state index contributed by atoms with van der Waals surface area (Å²) in [7, 11) is 0. The molecule has 0 spiro atoms. The molecule has 0 aromatic carbocycles. The quantitative estimate of drug-likeness (QED) is 0.446. The van der Waals surface area contributed by atoms with Gasteiger partial charge < -0.3 is 29.5 Å². The number of halogens is 6. The largest absolute Gasteiger partial charge is 0.444 e. The minimum absolute atomic E-state index is 0.0721. The number of nitrogens with zero attached hydrogens (tertiary/aromatic N) is 2. The van der Waals surface area contributed by atoms with Crippen LogP contribution in [0.1, 0.15) is 54.4 Å². The summed E-state index contributed by atoms with van der Waals surface area (Å²) in [5, 5.41) is 18.7. The van der Waals surface area contributed by atoms with E-state index in [0.717, 1.165) is 9.80 Å². The first kappa shape index (κ1) is 32.1. The highest BCUT2D eigenvalue weighted by Gasteiger charge is 2.49. The van der Waals surface area contributed by atoms with E-state index in [2.05, 4.69) is 0 Å². The van der Waals surface area contributed by atoms with Gasteiger partial charge in [0.2, 0.25) is 0 Å². The van der Waals surface area contributed by atoms with Gasteiger partial charge in [0.05, 0.1) is 24.0 Å². The van der Waals surface area contributed by atoms with Crippen LogP contribution in [0.2, 0.25) is 0 Å². The summed E-state index contributed by atoms with van der Waals surface area (Å²) >= 11 is 0. The smallest absolute Gasteiger partial charge is 0.410 e. The Bertz CT molecular complexity index is 685. The number of rotatable bonds is 0. The van der Waals surface area contributed by atoms with Crippen molar-refractivity contribution >= 4 is 12.2 Å². The van der Waals surface area contributed by atoms with Crippen LogP contribution in [0.25, 0.3) is 0 Å². The summed E-state index contributed by atoms with van der Waals surface area (Å²) < 4.78 is 85.8. The number of aliphatic hydroxyl groups excluding tert-OH is 2. The molecule has 36 heavy (non-hydrogen) atoms. The minimum Gasteiger partial charge on any atom is -0.444 e. The molecule has 2 heterocycles. The topological polar surface area (TPSA) is 99.5 Å². The van der Waals surface area contributed by atoms with Crippen LogP contribution in [-0.4, -0.2) is 94.1 Å². The van der Waals surface area contributed by atoms with Gasteiger partial charge in [-0.15, -0.1) is 0 Å². The van der Waals surface area contributed by atoms with Gasteiger partial charge in [0, 0.05) is 26.2 Å². The second kappa shape index (κ2) is 11.6. The van der Waals surface area contributed by atoms with Gasteiger partial charge in [0.15, 0.2) is 0 Å². The third-order valence-corrected chi connectivity index (χ3v) is 5.30. The zero-order valence-corrected chi connectivity index (χ0v) is 21.2. The number of alkyl halides is 6. The first-order valence-corrected chi connectivity index (χ1v) is 11.5. The van der Waals surface area contributed by atoms with Crippen LogP contribution in [0, 0.1) is 11.8 Å². The normalized spacial score (nSPS) is 26.1. The minimum atomic E-state index is -4.51. The van der Waals surface area contributed by atoms with Crippen LogP contribution in [0.5, 0.6) is 0 Å². The molecule has 0 aliphatic carbocycles. The van der Waals surface area contributed by atoms with Gasteiger partial charge in [-0.05, 0) is 54.4 Å². The lowest BCUT2D eigenvalue weighted by atomic mass is 9.94. The molecule has 2 fully saturated rings. The van der Waals surface area contributed by atoms with Crippen LogP contribution >= 0.6 is 0 Å². The molecule has 0 aromatic rings. The van der Waals surface area contributed by atoms with Crippen molar-refractivity contribution < 1.29 is 55.6 Å². The highest BCUT2D eigenvalue weighted by Crippen LogP contribution is 2.35. The molecule has 8 nitrogen and oxygen atoms in total. The van der Waals surface area contributed by atoms with Crippen LogP contribution in [0.4, 0.5) is 35.9 Å². The van der Waals surface area contributed by atoms with Crippen LogP contribution in [0.15, 0.2) is 0 Å². The maximum Gasteiger partial charge on any atom is 0.410 e. The van der Waals surface area contributed by atoms with Crippen LogP contribution in [-0.2, 0) is 9.47 Å². The number of likely N-dealkylation sites (tertiary alicyclic amines) is 2. The van der Waals surface area contributed by atoms with E-state index in [1.807, 2.05) is 0 Å². The van der Waals surface area contributed by atoms with Gasteiger partial charge in [-0.25, -0.2) is 9.59 Å². The number of carbonyl (C=O) groups excluding carboxylic acids is 2. The number of hydrogen-bond acceptors (Lipinski definition) is 6. The summed E-state index contributed by atoms with van der Waals surface area (Å²) in [6, 6.07) is 0. The Kier molecular flexibility index (Phi) is 10.3. The first-order chi connectivity index (χ1) is 16.0. The van der Waals surface area contributed by atoms with Crippen molar-refractivity contribution in [2.75, 3.05) is 26.2 Å². The van der Waals surface area contributed by atoms with E-state index in [4.69, 9.17) is 9.47 Å². The van der Waals surface area contributed by atoms with E-state index < -0.39 is 72.9 Å². The van der Waals surface area contributed by atoms with Crippen LogP contribution in [0.3, 0.4) is 0 Å². The highest BCUT2D eigenvalue weighted by molar-refractivity contribution is 5.68. The predicted octanol–water partition coefficient (Wildman–Crippen LogP) is 4.33. The van der Waals surface area contributed by atoms with E-state index in [1.165, 1.54) is 0 Å². The molecule has 0 unspecified atom stereocenters. The monoisotopic (exact) mass is 538 g/mol. The molecular weight excluding hydrogens is 502 g/mol. The van der Waals surface area contributed by atoms with Crippen molar-refractivity contribution in [2.24, 2.45) is 11.8 Å². The summed E-state index contributed by atoms with van der Waals surface area (Å²) in [6.45, 7) is 8.89. The van der Waals surface area contributed by atoms with E-state index in [0.29, 0.717) is 0 Å². The molecule has 2 saturated heterocycles. The Morgan fingerprint density at radius 1 is 0.667 bits per heavy atom. The molecule has 0 saturated carbocycles. The molecule has 2 rings (SSSR count). The van der Waals surface area contributed by atoms with E-state index in [9.17, 15) is 46.1 Å². The summed E-state index contributed by atoms with van der Waals surface area (Å²) in [4.78, 5) is 25.3. The van der Waals surface area contributed by atoms with Gasteiger partial charge >= 0.3 is 24.5 Å². The predicted molar refractivity (Wildman–Crippen MR) is 116 cm³/mol. The Balaban J connectivity index is 0.000000360. The lowest BCUT2D eigenvalue weighted by molar-refractivity contribution is -0.212. The number of piperidine rings is 2. The average Bonchev–Trinajstić information content (AvgIpc) is 2.64. The standard InChI is InChI=1S/2C11H18F3NO3/c2*1-10(2,3)18-9(17)15-5-4-8(16)7(6-15)11(12,13)14/h2*7-8,16H,4-6H2,1-3H3/t2*7-,8+/m10/s1. The number of carbonyl (C=O) groups is 2. The molecule has 0 aromatic heterocycles. The molecule has 4 atom stereocenters. The van der Waals surface area contributed by atoms with Crippen molar-refractivity contribution in [2.45, 2.75) is 90.1 Å². The molecular formula is C22H36F6N2O6. The lowest BCUT2D eigenvalue weighted by Gasteiger charge is -2.37. The number of hydrogen-bond donors (Lipinski definition) is 2. The fraction of sp³-hybridized carbons (Fsp3) is 0.909. The molecule has 0 radical (unpaired) electrons. The Labute approximate surface area is 206 Å². The Morgan fingerprint density at radius 2 is 0.944 bits per heavy atom. The van der Waals surface area contributed by atoms with Crippen molar-refractivity contribution in [3.05, 3.63) is 0 Å². The maximum absolute atomic E-state index is 12.6. The van der Waals surface area contributed by atoms with Crippen molar-refractivity contribution in [1.29, 1.82) is 0 Å². The van der Waals surface area contributed by atoms with Gasteiger partial charge in [-0.1, -0.05) is 0 Å². The molecule has 14 heteroatoms. The number of amides is 2. The highest BCUT2D eigenvalue weighted by atomic mass is 19.4. The lowest BCUT2D eigenvalue weighted by Crippen LogP contribution is -2.52. The van der Waals surface area contributed by atoms with Gasteiger partial charge in [0.25, 0.3) is 0 Å². The van der Waals surface area contributed by atoms with Gasteiger partial charge in [-0.3, -0.25) is 0 Å². The maximum atomic E-state index is 12.6. The molecule has 2 aliphatic heterocycles. The van der Waals surface area contributed by atoms with Gasteiger partial charge in [0.1, 0.15) is 11.2 Å². The van der Waals surface area contributed by atoms with Crippen LogP contribution < -0.4 is 0 Å². The Hall–Kier alpha value is -1.96. The number of ether oxygens (including phenoxy) is 2. The summed E-state index contributed by atoms with van der Waals surface area (Å²) in [5.41, 5.74) is -1.50. The van der Waals surface area contributed by atoms with Crippen molar-refractivity contribution in [3.63, 3.8) is 0 Å². The molecule has 0 bridgehead atoms. The second-order valence-electron chi connectivity index (χ2n) is 10.9. The van der Waals surface area contributed by atoms with E-state index >= 15 is 0 Å². The zero-order chi connectivity index (χ0) is 28.3. The van der Waals surface area contributed by atoms with Crippen molar-refractivity contribution in [3.8, 4) is 0 Å². The van der Waals surface area contributed by atoms with E-state index in [1.54, 1.807) is 41.5 Å². The first-order valence-electron chi connectivity index (χ1n) is 11.5. The average molecular weight is 539 g/mol. The molecule has 2 amide bonds. The fourth-order valence-electron chi connectivity index (χ4n) is 3.51. The van der Waals surface area contributed by atoms with Crippen molar-refractivity contribution in [1.82, 2.24) is 9.80 Å². The second-order valence-corrected chi connectivity index (χ2v) is 10.9. The third-order valence-electron chi connectivity index (χ3n) is 5.30. The fourth-order valence-corrected chi connectivity index (χ4v) is 3.51.